The van der Waals surface area contributed by atoms with E-state index in [0.717, 1.165) is 11.1 Å². The first-order valence-electron chi connectivity index (χ1n) is 8.24. The van der Waals surface area contributed by atoms with Crippen molar-refractivity contribution < 1.29 is 0 Å². The number of hydrogen-bond donors (Lipinski definition) is 3. The second-order valence-electron chi connectivity index (χ2n) is 5.93. The zero-order valence-corrected chi connectivity index (χ0v) is 16.1. The molecule has 1 unspecified atom stereocenters. The Morgan fingerprint density at radius 2 is 1.81 bits per heavy atom. The molecule has 0 spiro atoms. The van der Waals surface area contributed by atoms with Crippen molar-refractivity contribution >= 4 is 52.4 Å². The monoisotopic (exact) mass is 400 g/mol. The van der Waals surface area contributed by atoms with Gasteiger partial charge >= 0.3 is 0 Å². The van der Waals surface area contributed by atoms with Gasteiger partial charge in [-0.3, -0.25) is 5.10 Å². The number of hydrogen-bond acceptors (Lipinski definition) is 5. The molecule has 4 aromatic rings. The average Bonchev–Trinajstić information content (AvgIpc) is 3.06. The van der Waals surface area contributed by atoms with E-state index >= 15 is 0 Å². The molecule has 2 heterocycles. The molecule has 2 aromatic carbocycles. The van der Waals surface area contributed by atoms with Crippen LogP contribution in [0.25, 0.3) is 11.0 Å². The molecule has 1 atom stereocenters. The number of rotatable bonds is 5. The van der Waals surface area contributed by atoms with E-state index in [2.05, 4.69) is 49.9 Å². The van der Waals surface area contributed by atoms with Crippen LogP contribution in [-0.2, 0) is 0 Å². The quantitative estimate of drug-likeness (QED) is 0.421. The van der Waals surface area contributed by atoms with Gasteiger partial charge in [0.2, 0.25) is 0 Å². The first-order valence-corrected chi connectivity index (χ1v) is 8.61. The molecule has 27 heavy (non-hydrogen) atoms. The van der Waals surface area contributed by atoms with Crippen LogP contribution in [0, 0.1) is 0 Å². The molecule has 0 radical (unpaired) electrons. The van der Waals surface area contributed by atoms with Gasteiger partial charge in [0.15, 0.2) is 11.5 Å². The van der Waals surface area contributed by atoms with Crippen molar-refractivity contribution in [1.29, 1.82) is 0 Å². The van der Waals surface area contributed by atoms with Crippen LogP contribution >= 0.6 is 24.0 Å². The first-order chi connectivity index (χ1) is 12.7. The number of aromatic amines is 1. The van der Waals surface area contributed by atoms with E-state index < -0.39 is 0 Å². The van der Waals surface area contributed by atoms with Crippen molar-refractivity contribution in [3.63, 3.8) is 0 Å². The molecule has 138 valence electrons. The molecule has 0 saturated carbocycles. The highest BCUT2D eigenvalue weighted by Gasteiger charge is 2.15. The summed E-state index contributed by atoms with van der Waals surface area (Å²) < 4.78 is 0. The van der Waals surface area contributed by atoms with E-state index in [9.17, 15) is 0 Å². The number of aromatic nitrogens is 4. The fraction of sp³-hybridized carbons (Fsp3) is 0.105. The number of nitrogens with one attached hydrogen (secondary N) is 3. The van der Waals surface area contributed by atoms with Crippen molar-refractivity contribution in [3.8, 4) is 0 Å². The van der Waals surface area contributed by atoms with Gasteiger partial charge in [-0.2, -0.15) is 5.10 Å². The van der Waals surface area contributed by atoms with Gasteiger partial charge in [0.1, 0.15) is 17.5 Å². The summed E-state index contributed by atoms with van der Waals surface area (Å²) in [4.78, 5) is 8.68. The molecule has 4 rings (SSSR count). The maximum absolute atomic E-state index is 6.07. The van der Waals surface area contributed by atoms with Crippen LogP contribution in [0.1, 0.15) is 18.5 Å². The zero-order chi connectivity index (χ0) is 17.9. The Morgan fingerprint density at radius 1 is 1.00 bits per heavy atom. The summed E-state index contributed by atoms with van der Waals surface area (Å²) in [5.41, 5.74) is 2.68. The van der Waals surface area contributed by atoms with E-state index in [0.29, 0.717) is 22.3 Å². The van der Waals surface area contributed by atoms with E-state index in [1.807, 2.05) is 42.5 Å². The lowest BCUT2D eigenvalue weighted by Crippen LogP contribution is -2.08. The van der Waals surface area contributed by atoms with Crippen LogP contribution in [0.4, 0.5) is 17.3 Å². The molecule has 0 aliphatic carbocycles. The molecule has 0 fully saturated rings. The molecule has 0 saturated heterocycles. The Labute approximate surface area is 167 Å². The van der Waals surface area contributed by atoms with Crippen LogP contribution in [0.3, 0.4) is 0 Å². The SMILES string of the molecule is CC(Nc1ncnc2[nH]nc(Nc3cccc(Cl)c3)c12)c1ccccc1.Cl. The summed E-state index contributed by atoms with van der Waals surface area (Å²) in [6, 6.07) is 17.8. The minimum Gasteiger partial charge on any atom is -0.363 e. The lowest BCUT2D eigenvalue weighted by atomic mass is 10.1. The Hall–Kier alpha value is -2.83. The van der Waals surface area contributed by atoms with Crippen LogP contribution in [0.15, 0.2) is 60.9 Å². The summed E-state index contributed by atoms with van der Waals surface area (Å²) in [5.74, 6) is 1.36. The van der Waals surface area contributed by atoms with Gasteiger partial charge in [0.25, 0.3) is 0 Å². The lowest BCUT2D eigenvalue weighted by molar-refractivity contribution is 0.876. The number of fused-ring (bicyclic) bond motifs is 1. The molecule has 0 aliphatic heterocycles. The third kappa shape index (κ3) is 4.13. The van der Waals surface area contributed by atoms with Gasteiger partial charge in [-0.05, 0) is 30.7 Å². The summed E-state index contributed by atoms with van der Waals surface area (Å²) in [6.45, 7) is 2.09. The average molecular weight is 401 g/mol. The highest BCUT2D eigenvalue weighted by atomic mass is 35.5. The lowest BCUT2D eigenvalue weighted by Gasteiger charge is -2.15. The maximum atomic E-state index is 6.07. The smallest absolute Gasteiger partial charge is 0.165 e. The van der Waals surface area contributed by atoms with Crippen molar-refractivity contribution in [2.75, 3.05) is 10.6 Å². The number of nitrogens with zero attached hydrogens (tertiary/aromatic N) is 3. The van der Waals surface area contributed by atoms with Gasteiger partial charge in [-0.15, -0.1) is 12.4 Å². The molecule has 2 aromatic heterocycles. The predicted molar refractivity (Wildman–Crippen MR) is 112 cm³/mol. The highest BCUT2D eigenvalue weighted by Crippen LogP contribution is 2.30. The Morgan fingerprint density at radius 3 is 2.59 bits per heavy atom. The Balaban J connectivity index is 0.00000210. The molecule has 0 bridgehead atoms. The summed E-state index contributed by atoms with van der Waals surface area (Å²) >= 11 is 6.07. The summed E-state index contributed by atoms with van der Waals surface area (Å²) in [5, 5.41) is 15.5. The minimum atomic E-state index is 0. The number of benzene rings is 2. The Kier molecular flexibility index (Phi) is 5.78. The van der Waals surface area contributed by atoms with Gasteiger partial charge in [0.05, 0.1) is 0 Å². The fourth-order valence-corrected chi connectivity index (χ4v) is 2.98. The van der Waals surface area contributed by atoms with Crippen molar-refractivity contribution in [1.82, 2.24) is 20.2 Å². The van der Waals surface area contributed by atoms with E-state index in [1.165, 1.54) is 11.9 Å². The van der Waals surface area contributed by atoms with Gasteiger partial charge in [-0.25, -0.2) is 9.97 Å². The van der Waals surface area contributed by atoms with Gasteiger partial charge in [-0.1, -0.05) is 48.0 Å². The van der Waals surface area contributed by atoms with Crippen LogP contribution < -0.4 is 10.6 Å². The van der Waals surface area contributed by atoms with Crippen molar-refractivity contribution in [2.24, 2.45) is 0 Å². The summed E-state index contributed by atoms with van der Waals surface area (Å²) in [7, 11) is 0. The number of anilines is 3. The number of H-pyrrole nitrogens is 1. The first kappa shape index (κ1) is 18.9. The van der Waals surface area contributed by atoms with E-state index in [-0.39, 0.29) is 18.4 Å². The number of halogens is 2. The molecule has 0 aliphatic rings. The molecule has 3 N–H and O–H groups in total. The second-order valence-corrected chi connectivity index (χ2v) is 6.37. The molecular weight excluding hydrogens is 383 g/mol. The second kappa shape index (κ2) is 8.24. The maximum Gasteiger partial charge on any atom is 0.165 e. The third-order valence-corrected chi connectivity index (χ3v) is 4.33. The van der Waals surface area contributed by atoms with Gasteiger partial charge < -0.3 is 10.6 Å². The van der Waals surface area contributed by atoms with Crippen LogP contribution in [0.5, 0.6) is 0 Å². The normalized spacial score (nSPS) is 11.6. The van der Waals surface area contributed by atoms with Gasteiger partial charge in [0, 0.05) is 16.8 Å². The zero-order valence-electron chi connectivity index (χ0n) is 14.5. The molecular formula is C19H18Cl2N6. The highest BCUT2D eigenvalue weighted by molar-refractivity contribution is 6.30. The predicted octanol–water partition coefficient (Wildman–Crippen LogP) is 5.34. The van der Waals surface area contributed by atoms with E-state index in [4.69, 9.17) is 11.6 Å². The van der Waals surface area contributed by atoms with E-state index in [1.54, 1.807) is 0 Å². The van der Waals surface area contributed by atoms with Crippen molar-refractivity contribution in [2.45, 2.75) is 13.0 Å². The summed E-state index contributed by atoms with van der Waals surface area (Å²) in [6.07, 6.45) is 1.52. The van der Waals surface area contributed by atoms with Crippen LogP contribution in [0.2, 0.25) is 5.02 Å². The fourth-order valence-electron chi connectivity index (χ4n) is 2.79. The van der Waals surface area contributed by atoms with Crippen molar-refractivity contribution in [3.05, 3.63) is 71.5 Å². The molecule has 8 heteroatoms. The van der Waals surface area contributed by atoms with Crippen LogP contribution in [-0.4, -0.2) is 20.2 Å². The third-order valence-electron chi connectivity index (χ3n) is 4.10. The largest absolute Gasteiger partial charge is 0.363 e. The topological polar surface area (TPSA) is 78.5 Å². The Bertz CT molecular complexity index is 1030. The minimum absolute atomic E-state index is 0. The standard InChI is InChI=1S/C19H17ClN6.ClH/c1-12(13-6-3-2-4-7-13)23-17-16-18(22-11-21-17)25-26-19(16)24-15-9-5-8-14(20)10-15;/h2-12H,1H3,(H3,21,22,23,24,25,26);1H. The molecule has 0 amide bonds. The molecule has 6 nitrogen and oxygen atoms in total.